The van der Waals surface area contributed by atoms with Crippen LogP contribution in [-0.4, -0.2) is 47.4 Å². The number of carbonyl (C=O) groups excluding carboxylic acids is 2. The van der Waals surface area contributed by atoms with Gasteiger partial charge in [-0.3, -0.25) is 9.59 Å². The minimum absolute atomic E-state index is 0.0217. The Labute approximate surface area is 552 Å². The number of rotatable bonds is 78. The second-order valence-electron chi connectivity index (χ2n) is 28.5. The number of aliphatic hydroxyl groups excluding tert-OH is 2. The first-order valence-corrected chi connectivity index (χ1v) is 40.9. The summed E-state index contributed by atoms with van der Waals surface area (Å²) in [5, 5.41) is 23.4. The highest BCUT2D eigenvalue weighted by atomic mass is 16.5. The van der Waals surface area contributed by atoms with Gasteiger partial charge in [-0.05, 0) is 51.4 Å². The molecule has 3 N–H and O–H groups in total. The summed E-state index contributed by atoms with van der Waals surface area (Å²) >= 11 is 0. The van der Waals surface area contributed by atoms with Crippen molar-refractivity contribution in [3.63, 3.8) is 0 Å². The number of hydrogen-bond donors (Lipinski definition) is 3. The van der Waals surface area contributed by atoms with Crippen LogP contribution in [0.1, 0.15) is 476 Å². The van der Waals surface area contributed by atoms with Gasteiger partial charge in [0.15, 0.2) is 0 Å². The molecule has 2 atom stereocenters. The molecule has 2 unspecified atom stereocenters. The zero-order valence-corrected chi connectivity index (χ0v) is 60.3. The van der Waals surface area contributed by atoms with Gasteiger partial charge in [0, 0.05) is 12.8 Å². The van der Waals surface area contributed by atoms with E-state index in [9.17, 15) is 19.8 Å². The Bertz CT molecular complexity index is 1340. The lowest BCUT2D eigenvalue weighted by atomic mass is 10.0. The fraction of sp³-hybridized carbons (Fsp3) is 0.951. The average Bonchev–Trinajstić information content (AvgIpc) is 3.59. The van der Waals surface area contributed by atoms with Crippen LogP contribution in [0, 0.1) is 0 Å². The first kappa shape index (κ1) is 86.6. The molecule has 0 saturated heterocycles. The fourth-order valence-corrected chi connectivity index (χ4v) is 13.3. The summed E-state index contributed by atoms with van der Waals surface area (Å²) in [5.74, 6) is -0.00306. The molecule has 6 heteroatoms. The van der Waals surface area contributed by atoms with Gasteiger partial charge in [0.25, 0.3) is 0 Å². The molecule has 0 aliphatic carbocycles. The Morgan fingerprint density at radius 2 is 0.534 bits per heavy atom. The largest absolute Gasteiger partial charge is 0.466 e. The summed E-state index contributed by atoms with van der Waals surface area (Å²) in [6.45, 7) is 5.01. The number of esters is 1. The first-order chi connectivity index (χ1) is 43.5. The van der Waals surface area contributed by atoms with Crippen LogP contribution in [0.15, 0.2) is 12.2 Å². The number of nitrogens with one attached hydrogen (secondary N) is 1. The molecule has 0 rings (SSSR count). The molecule has 524 valence electrons. The quantitative estimate of drug-likeness (QED) is 0.0320. The molecular weight excluding hydrogens is 1080 g/mol. The van der Waals surface area contributed by atoms with Gasteiger partial charge in [0.2, 0.25) is 5.91 Å². The predicted molar refractivity (Wildman–Crippen MR) is 389 cm³/mol. The lowest BCUT2D eigenvalue weighted by Crippen LogP contribution is -2.45. The molecule has 0 spiro atoms. The van der Waals surface area contributed by atoms with Gasteiger partial charge in [0.05, 0.1) is 25.4 Å². The van der Waals surface area contributed by atoms with Gasteiger partial charge in [-0.2, -0.15) is 0 Å². The minimum atomic E-state index is -0.660. The van der Waals surface area contributed by atoms with Crippen LogP contribution in [0.3, 0.4) is 0 Å². The third kappa shape index (κ3) is 73.6. The maximum absolute atomic E-state index is 12.5. The lowest BCUT2D eigenvalue weighted by molar-refractivity contribution is -0.143. The van der Waals surface area contributed by atoms with Crippen LogP contribution in [0.25, 0.3) is 0 Å². The molecular formula is C82H161NO5. The SMILES string of the molecule is CCCCCCCCC/C=C\CCCCCCCCCC(=O)OCCCCCCCCCCCCCCCCCCCCCCCCCCCCCCCCCCCCCCCC(=O)NC(CO)C(O)CCCCCCCCCCCCCCCCCC. The van der Waals surface area contributed by atoms with Gasteiger partial charge in [-0.15, -0.1) is 0 Å². The molecule has 0 radical (unpaired) electrons. The van der Waals surface area contributed by atoms with Gasteiger partial charge in [-0.1, -0.05) is 424 Å². The Balaban J connectivity index is 3.28. The van der Waals surface area contributed by atoms with Crippen LogP contribution in [0.2, 0.25) is 0 Å². The van der Waals surface area contributed by atoms with E-state index in [4.69, 9.17) is 4.74 Å². The highest BCUT2D eigenvalue weighted by molar-refractivity contribution is 5.76. The molecule has 0 heterocycles. The smallest absolute Gasteiger partial charge is 0.305 e. The molecule has 0 aliphatic rings. The van der Waals surface area contributed by atoms with Crippen molar-refractivity contribution in [2.45, 2.75) is 488 Å². The van der Waals surface area contributed by atoms with E-state index in [2.05, 4.69) is 31.3 Å². The van der Waals surface area contributed by atoms with E-state index < -0.39 is 12.1 Å². The van der Waals surface area contributed by atoms with Crippen LogP contribution >= 0.6 is 0 Å². The number of hydrogen-bond acceptors (Lipinski definition) is 5. The Morgan fingerprint density at radius 1 is 0.307 bits per heavy atom. The van der Waals surface area contributed by atoms with Crippen LogP contribution in [0.4, 0.5) is 0 Å². The van der Waals surface area contributed by atoms with Crippen molar-refractivity contribution in [1.82, 2.24) is 5.32 Å². The maximum Gasteiger partial charge on any atom is 0.305 e. The standard InChI is InChI=1S/C82H161NO5/c1-3-5-7-9-11-13-15-17-19-21-44-48-52-56-60-64-68-72-76-82(87)88-77-73-69-65-61-57-53-49-45-42-40-38-36-34-32-30-28-26-24-22-23-25-27-29-31-33-35-37-39-41-43-47-51-55-59-63-67-71-75-81(86)83-79(78-84)80(85)74-70-66-62-58-54-50-46-20-18-16-14-12-10-8-6-4-2/h19,21,79-80,84-85H,3-18,20,22-78H2,1-2H3,(H,83,86)/b21-19-. The van der Waals surface area contributed by atoms with Gasteiger partial charge in [0.1, 0.15) is 0 Å². The summed E-state index contributed by atoms with van der Waals surface area (Å²) in [7, 11) is 0. The molecule has 0 bridgehead atoms. The molecule has 88 heavy (non-hydrogen) atoms. The summed E-state index contributed by atoms with van der Waals surface area (Å²) in [4.78, 5) is 24.7. The predicted octanol–water partition coefficient (Wildman–Crippen LogP) is 27.1. The number of aliphatic hydroxyl groups is 2. The molecule has 0 aromatic heterocycles. The highest BCUT2D eigenvalue weighted by Crippen LogP contribution is 2.21. The van der Waals surface area contributed by atoms with Crippen LogP contribution in [-0.2, 0) is 14.3 Å². The fourth-order valence-electron chi connectivity index (χ4n) is 13.3. The number of allylic oxidation sites excluding steroid dienone is 2. The minimum Gasteiger partial charge on any atom is -0.466 e. The van der Waals surface area contributed by atoms with E-state index in [1.54, 1.807) is 0 Å². The summed E-state index contributed by atoms with van der Waals surface area (Å²) < 4.78 is 5.52. The van der Waals surface area contributed by atoms with Crippen molar-refractivity contribution >= 4 is 11.9 Å². The van der Waals surface area contributed by atoms with Gasteiger partial charge >= 0.3 is 5.97 Å². The molecule has 0 fully saturated rings. The molecule has 0 aromatic carbocycles. The third-order valence-electron chi connectivity index (χ3n) is 19.6. The van der Waals surface area contributed by atoms with Crippen LogP contribution < -0.4 is 5.32 Å². The lowest BCUT2D eigenvalue weighted by Gasteiger charge is -2.22. The van der Waals surface area contributed by atoms with E-state index in [1.165, 1.54) is 405 Å². The summed E-state index contributed by atoms with van der Waals surface area (Å²) in [6.07, 6.45) is 99.0. The molecule has 6 nitrogen and oxygen atoms in total. The maximum atomic E-state index is 12.5. The summed E-state index contributed by atoms with van der Waals surface area (Å²) in [5.41, 5.74) is 0. The summed E-state index contributed by atoms with van der Waals surface area (Å²) in [6, 6.07) is -0.536. The third-order valence-corrected chi connectivity index (χ3v) is 19.6. The van der Waals surface area contributed by atoms with Gasteiger partial charge in [-0.25, -0.2) is 0 Å². The van der Waals surface area contributed by atoms with Crippen molar-refractivity contribution in [1.29, 1.82) is 0 Å². The van der Waals surface area contributed by atoms with Crippen molar-refractivity contribution in [2.75, 3.05) is 13.2 Å². The van der Waals surface area contributed by atoms with Crippen molar-refractivity contribution in [3.8, 4) is 0 Å². The molecule has 0 saturated carbocycles. The van der Waals surface area contributed by atoms with E-state index in [-0.39, 0.29) is 18.5 Å². The average molecular weight is 1240 g/mol. The van der Waals surface area contributed by atoms with Gasteiger partial charge < -0.3 is 20.3 Å². The van der Waals surface area contributed by atoms with E-state index in [1.807, 2.05) is 0 Å². The molecule has 1 amide bonds. The van der Waals surface area contributed by atoms with E-state index in [0.29, 0.717) is 25.9 Å². The first-order valence-electron chi connectivity index (χ1n) is 40.9. The highest BCUT2D eigenvalue weighted by Gasteiger charge is 2.20. The second kappa shape index (κ2) is 78.0. The number of unbranched alkanes of at least 4 members (excludes halogenated alkanes) is 65. The van der Waals surface area contributed by atoms with Crippen LogP contribution in [0.5, 0.6) is 0 Å². The number of ether oxygens (including phenoxy) is 1. The van der Waals surface area contributed by atoms with E-state index in [0.717, 1.165) is 38.5 Å². The van der Waals surface area contributed by atoms with Crippen molar-refractivity contribution in [2.24, 2.45) is 0 Å². The van der Waals surface area contributed by atoms with Crippen molar-refractivity contribution in [3.05, 3.63) is 12.2 Å². The topological polar surface area (TPSA) is 95.9 Å². The Kier molecular flexibility index (Phi) is 76.8. The second-order valence-corrected chi connectivity index (χ2v) is 28.5. The number of amides is 1. The Morgan fingerprint density at radius 3 is 0.807 bits per heavy atom. The molecule has 0 aliphatic heterocycles. The Hall–Kier alpha value is -1.40. The molecule has 0 aromatic rings. The van der Waals surface area contributed by atoms with E-state index >= 15 is 0 Å². The normalized spacial score (nSPS) is 12.5. The van der Waals surface area contributed by atoms with Crippen molar-refractivity contribution < 1.29 is 24.5 Å². The zero-order chi connectivity index (χ0) is 63.5. The zero-order valence-electron chi connectivity index (χ0n) is 60.3. The number of carbonyl (C=O) groups is 2. The monoisotopic (exact) mass is 1240 g/mol.